The molecule has 0 saturated carbocycles. The highest BCUT2D eigenvalue weighted by Crippen LogP contribution is 2.33. The van der Waals surface area contributed by atoms with Crippen LogP contribution in [0.15, 0.2) is 12.4 Å². The molecule has 0 aliphatic rings. The Morgan fingerprint density at radius 3 is 2.39 bits per heavy atom. The first-order valence-corrected chi connectivity index (χ1v) is 5.43. The number of anilines is 1. The molecule has 0 aliphatic carbocycles. The van der Waals surface area contributed by atoms with E-state index >= 15 is 0 Å². The monoisotopic (exact) mass is 254 g/mol. The molecule has 6 nitrogen and oxygen atoms in total. The van der Waals surface area contributed by atoms with E-state index in [1.165, 1.54) is 26.6 Å². The predicted octanol–water partition coefficient (Wildman–Crippen LogP) is 2.45. The molecule has 0 bridgehead atoms. The Balaban J connectivity index is 2.87. The molecule has 0 radical (unpaired) electrons. The van der Waals surface area contributed by atoms with E-state index in [0.29, 0.717) is 17.2 Å². The Kier molecular flexibility index (Phi) is 4.36. The van der Waals surface area contributed by atoms with Gasteiger partial charge in [0, 0.05) is 0 Å². The van der Waals surface area contributed by atoms with Crippen LogP contribution in [-0.2, 0) is 4.74 Å². The van der Waals surface area contributed by atoms with E-state index < -0.39 is 11.7 Å². The number of carbonyl (C=O) groups is 1. The summed E-state index contributed by atoms with van der Waals surface area (Å²) in [4.78, 5) is 15.6. The first-order chi connectivity index (χ1) is 8.37. The fraction of sp³-hybridized carbons (Fsp3) is 0.500. The van der Waals surface area contributed by atoms with Crippen LogP contribution in [-0.4, -0.2) is 30.9 Å². The molecule has 0 spiro atoms. The quantitative estimate of drug-likeness (QED) is 0.897. The number of ether oxygens (including phenoxy) is 3. The van der Waals surface area contributed by atoms with E-state index in [1.54, 1.807) is 20.8 Å². The molecule has 0 aromatic carbocycles. The fourth-order valence-electron chi connectivity index (χ4n) is 1.29. The average Bonchev–Trinajstić information content (AvgIpc) is 2.25. The third kappa shape index (κ3) is 3.80. The van der Waals surface area contributed by atoms with Gasteiger partial charge in [-0.25, -0.2) is 4.79 Å². The molecule has 100 valence electrons. The average molecular weight is 254 g/mol. The highest BCUT2D eigenvalue weighted by atomic mass is 16.6. The summed E-state index contributed by atoms with van der Waals surface area (Å²) in [6.45, 7) is 5.36. The third-order valence-corrected chi connectivity index (χ3v) is 1.92. The van der Waals surface area contributed by atoms with Crippen LogP contribution in [0.3, 0.4) is 0 Å². The lowest BCUT2D eigenvalue weighted by atomic mass is 10.2. The molecular weight excluding hydrogens is 236 g/mol. The summed E-state index contributed by atoms with van der Waals surface area (Å²) >= 11 is 0. The van der Waals surface area contributed by atoms with E-state index in [2.05, 4.69) is 10.3 Å². The number of aromatic nitrogens is 1. The molecule has 18 heavy (non-hydrogen) atoms. The maximum Gasteiger partial charge on any atom is 0.412 e. The largest absolute Gasteiger partial charge is 0.491 e. The van der Waals surface area contributed by atoms with Gasteiger partial charge < -0.3 is 14.2 Å². The van der Waals surface area contributed by atoms with E-state index in [1.807, 2.05) is 0 Å². The molecule has 1 N–H and O–H groups in total. The van der Waals surface area contributed by atoms with Crippen molar-refractivity contribution in [3.63, 3.8) is 0 Å². The lowest BCUT2D eigenvalue weighted by Gasteiger charge is -2.20. The Labute approximate surface area is 106 Å². The second-order valence-electron chi connectivity index (χ2n) is 4.55. The van der Waals surface area contributed by atoms with E-state index in [9.17, 15) is 4.79 Å². The minimum Gasteiger partial charge on any atom is -0.491 e. The molecule has 1 heterocycles. The zero-order valence-corrected chi connectivity index (χ0v) is 11.2. The van der Waals surface area contributed by atoms with Crippen molar-refractivity contribution in [2.24, 2.45) is 0 Å². The topological polar surface area (TPSA) is 69.7 Å². The summed E-state index contributed by atoms with van der Waals surface area (Å²) < 4.78 is 15.4. The maximum atomic E-state index is 11.6. The summed E-state index contributed by atoms with van der Waals surface area (Å²) in [5.41, 5.74) is -0.171. The fourth-order valence-corrected chi connectivity index (χ4v) is 1.29. The Hall–Kier alpha value is -1.98. The van der Waals surface area contributed by atoms with Gasteiger partial charge in [-0.2, -0.15) is 0 Å². The van der Waals surface area contributed by atoms with Gasteiger partial charge in [-0.15, -0.1) is 0 Å². The van der Waals surface area contributed by atoms with Crippen molar-refractivity contribution in [1.29, 1.82) is 0 Å². The van der Waals surface area contributed by atoms with Crippen molar-refractivity contribution in [3.05, 3.63) is 12.4 Å². The molecule has 1 aromatic heterocycles. The van der Waals surface area contributed by atoms with Gasteiger partial charge in [-0.05, 0) is 20.8 Å². The van der Waals surface area contributed by atoms with Gasteiger partial charge >= 0.3 is 6.09 Å². The molecule has 0 atom stereocenters. The zero-order chi connectivity index (χ0) is 13.8. The van der Waals surface area contributed by atoms with Crippen LogP contribution >= 0.6 is 0 Å². The first kappa shape index (κ1) is 14.1. The first-order valence-electron chi connectivity index (χ1n) is 5.43. The van der Waals surface area contributed by atoms with E-state index in [4.69, 9.17) is 14.2 Å². The standard InChI is InChI=1S/C12H18N2O4/c1-12(2,3)18-11(15)14-8-6-13-7-9(16-4)10(8)17-5/h6-7H,1-5H3,(H,14,15). The second-order valence-corrected chi connectivity index (χ2v) is 4.55. The van der Waals surface area contributed by atoms with Crippen molar-refractivity contribution < 1.29 is 19.0 Å². The summed E-state index contributed by atoms with van der Waals surface area (Å²) in [6, 6.07) is 0. The number of hydrogen-bond acceptors (Lipinski definition) is 5. The molecule has 0 unspecified atom stereocenters. The van der Waals surface area contributed by atoms with Crippen LogP contribution in [0.2, 0.25) is 0 Å². The number of amides is 1. The van der Waals surface area contributed by atoms with Crippen LogP contribution in [0.5, 0.6) is 11.5 Å². The third-order valence-electron chi connectivity index (χ3n) is 1.92. The number of rotatable bonds is 3. The number of nitrogens with one attached hydrogen (secondary N) is 1. The van der Waals surface area contributed by atoms with Gasteiger partial charge in [0.05, 0.1) is 26.6 Å². The Morgan fingerprint density at radius 2 is 1.89 bits per heavy atom. The number of methoxy groups -OCH3 is 2. The van der Waals surface area contributed by atoms with Crippen molar-refractivity contribution >= 4 is 11.8 Å². The summed E-state index contributed by atoms with van der Waals surface area (Å²) in [6.07, 6.45) is 2.39. The van der Waals surface area contributed by atoms with Crippen LogP contribution in [0.4, 0.5) is 10.5 Å². The van der Waals surface area contributed by atoms with Crippen molar-refractivity contribution in [3.8, 4) is 11.5 Å². The smallest absolute Gasteiger partial charge is 0.412 e. The summed E-state index contributed by atoms with van der Waals surface area (Å²) in [5, 5.41) is 2.56. The Morgan fingerprint density at radius 1 is 1.22 bits per heavy atom. The van der Waals surface area contributed by atoms with E-state index in [-0.39, 0.29) is 0 Å². The van der Waals surface area contributed by atoms with Crippen molar-refractivity contribution in [1.82, 2.24) is 4.98 Å². The summed E-state index contributed by atoms with van der Waals surface area (Å²) in [7, 11) is 2.98. The zero-order valence-electron chi connectivity index (χ0n) is 11.2. The van der Waals surface area contributed by atoms with Crippen molar-refractivity contribution in [2.75, 3.05) is 19.5 Å². The number of pyridine rings is 1. The van der Waals surface area contributed by atoms with Gasteiger partial charge in [0.2, 0.25) is 0 Å². The minimum atomic E-state index is -0.573. The summed E-state index contributed by atoms with van der Waals surface area (Å²) in [5.74, 6) is 0.837. The van der Waals surface area contributed by atoms with Gasteiger partial charge in [0.15, 0.2) is 11.5 Å². The SMILES string of the molecule is COc1cncc(NC(=O)OC(C)(C)C)c1OC. The molecule has 0 fully saturated rings. The van der Waals surface area contributed by atoms with Crippen LogP contribution in [0, 0.1) is 0 Å². The molecule has 0 saturated heterocycles. The minimum absolute atomic E-state index is 0.395. The highest BCUT2D eigenvalue weighted by Gasteiger charge is 2.19. The van der Waals surface area contributed by atoms with E-state index in [0.717, 1.165) is 0 Å². The lowest BCUT2D eigenvalue weighted by molar-refractivity contribution is 0.0635. The normalized spacial score (nSPS) is 10.7. The molecular formula is C12H18N2O4. The molecule has 1 amide bonds. The molecule has 1 aromatic rings. The van der Waals surface area contributed by atoms with Gasteiger partial charge in [-0.3, -0.25) is 10.3 Å². The van der Waals surface area contributed by atoms with Crippen LogP contribution in [0.25, 0.3) is 0 Å². The lowest BCUT2D eigenvalue weighted by Crippen LogP contribution is -2.27. The van der Waals surface area contributed by atoms with Crippen molar-refractivity contribution in [2.45, 2.75) is 26.4 Å². The molecule has 6 heteroatoms. The van der Waals surface area contributed by atoms with Gasteiger partial charge in [0.25, 0.3) is 0 Å². The highest BCUT2D eigenvalue weighted by molar-refractivity contribution is 5.87. The van der Waals surface area contributed by atoms with Crippen LogP contribution < -0.4 is 14.8 Å². The van der Waals surface area contributed by atoms with Crippen LogP contribution in [0.1, 0.15) is 20.8 Å². The second kappa shape index (κ2) is 5.57. The predicted molar refractivity (Wildman–Crippen MR) is 67.2 cm³/mol. The maximum absolute atomic E-state index is 11.6. The Bertz CT molecular complexity index is 427. The number of carbonyl (C=O) groups excluding carboxylic acids is 1. The molecule has 1 rings (SSSR count). The number of nitrogens with zero attached hydrogens (tertiary/aromatic N) is 1. The molecule has 0 aliphatic heterocycles. The number of hydrogen-bond donors (Lipinski definition) is 1. The van der Waals surface area contributed by atoms with Gasteiger partial charge in [-0.1, -0.05) is 0 Å². The van der Waals surface area contributed by atoms with Gasteiger partial charge in [0.1, 0.15) is 11.3 Å².